The zero-order valence-electron chi connectivity index (χ0n) is 12.5. The average molecular weight is 266 g/mol. The highest BCUT2D eigenvalue weighted by atomic mass is 32.1. The molecule has 0 bridgehead atoms. The fourth-order valence-electron chi connectivity index (χ4n) is 2.54. The fraction of sp³-hybridized carbons (Fsp3) is 0.800. The largest absolute Gasteiger partial charge is 0.303 e. The average Bonchev–Trinajstić information content (AvgIpc) is 2.81. The highest BCUT2D eigenvalue weighted by Gasteiger charge is 2.55. The monoisotopic (exact) mass is 266 g/mol. The maximum atomic E-state index is 4.90. The quantitative estimate of drug-likeness (QED) is 0.860. The normalized spacial score (nSPS) is 21.3. The first-order valence-corrected chi connectivity index (χ1v) is 7.90. The summed E-state index contributed by atoms with van der Waals surface area (Å²) in [5.41, 5.74) is 1.64. The van der Waals surface area contributed by atoms with Crippen molar-refractivity contribution < 1.29 is 0 Å². The molecule has 2 rings (SSSR count). The molecule has 0 saturated heterocycles. The van der Waals surface area contributed by atoms with Crippen LogP contribution >= 0.6 is 11.3 Å². The van der Waals surface area contributed by atoms with E-state index >= 15 is 0 Å². The Balaban J connectivity index is 2.34. The van der Waals surface area contributed by atoms with Crippen molar-refractivity contribution in [2.24, 2.45) is 5.41 Å². The van der Waals surface area contributed by atoms with E-state index in [1.54, 1.807) is 0 Å². The Morgan fingerprint density at radius 2 is 1.94 bits per heavy atom. The highest BCUT2D eigenvalue weighted by Crippen LogP contribution is 2.58. The molecule has 1 fully saturated rings. The minimum absolute atomic E-state index is 0.0268. The van der Waals surface area contributed by atoms with Crippen molar-refractivity contribution in [3.63, 3.8) is 0 Å². The summed E-state index contributed by atoms with van der Waals surface area (Å²) in [7, 11) is 0. The molecule has 0 spiro atoms. The molecule has 1 heterocycles. The minimum atomic E-state index is 0.0268. The first-order chi connectivity index (χ1) is 8.28. The van der Waals surface area contributed by atoms with Crippen molar-refractivity contribution in [3.05, 3.63) is 16.1 Å². The van der Waals surface area contributed by atoms with Gasteiger partial charge in [0.2, 0.25) is 0 Å². The summed E-state index contributed by atoms with van der Waals surface area (Å²) in [6.07, 6.45) is 2.61. The molecule has 1 aliphatic rings. The molecule has 1 aromatic rings. The second kappa shape index (κ2) is 4.61. The summed E-state index contributed by atoms with van der Waals surface area (Å²) in [4.78, 5) is 4.90. The van der Waals surface area contributed by atoms with Gasteiger partial charge in [-0.2, -0.15) is 0 Å². The number of rotatable bonds is 5. The smallest absolute Gasteiger partial charge is 0.113 e. The van der Waals surface area contributed by atoms with Gasteiger partial charge in [0.15, 0.2) is 0 Å². The number of aromatic nitrogens is 1. The summed E-state index contributed by atoms with van der Waals surface area (Å²) in [6, 6.07) is 0.485. The van der Waals surface area contributed by atoms with Gasteiger partial charge < -0.3 is 5.32 Å². The lowest BCUT2D eigenvalue weighted by Crippen LogP contribution is -2.49. The molecule has 1 aromatic heterocycles. The van der Waals surface area contributed by atoms with Crippen LogP contribution in [-0.2, 0) is 5.54 Å². The summed E-state index contributed by atoms with van der Waals surface area (Å²) in [5.74, 6) is 0.519. The van der Waals surface area contributed by atoms with E-state index in [0.717, 1.165) is 0 Å². The molecular weight excluding hydrogens is 240 g/mol. The van der Waals surface area contributed by atoms with E-state index in [9.17, 15) is 0 Å². The van der Waals surface area contributed by atoms with Gasteiger partial charge >= 0.3 is 0 Å². The van der Waals surface area contributed by atoms with Gasteiger partial charge in [-0.3, -0.25) is 0 Å². The second-order valence-electron chi connectivity index (χ2n) is 6.72. The standard InChI is InChI=1S/C15H26N2S/c1-10(2)12-9-18-13(16-12)15(6,17-11(3)4)14(5)7-8-14/h9-11,17H,7-8H2,1-6H3. The van der Waals surface area contributed by atoms with Crippen LogP contribution in [0.5, 0.6) is 0 Å². The third-order valence-electron chi connectivity index (χ3n) is 4.33. The van der Waals surface area contributed by atoms with E-state index in [1.807, 2.05) is 11.3 Å². The molecule has 2 nitrogen and oxygen atoms in total. The van der Waals surface area contributed by atoms with E-state index in [1.165, 1.54) is 23.5 Å². The number of thiazole rings is 1. The first-order valence-electron chi connectivity index (χ1n) is 7.02. The van der Waals surface area contributed by atoms with Gasteiger partial charge in [-0.25, -0.2) is 4.98 Å². The lowest BCUT2D eigenvalue weighted by atomic mass is 9.83. The number of hydrogen-bond acceptors (Lipinski definition) is 3. The SMILES string of the molecule is CC(C)NC(C)(c1nc(C(C)C)cs1)C1(C)CC1. The molecule has 0 aliphatic heterocycles. The topological polar surface area (TPSA) is 24.9 Å². The Morgan fingerprint density at radius 1 is 1.33 bits per heavy atom. The van der Waals surface area contributed by atoms with Gasteiger partial charge in [-0.1, -0.05) is 20.8 Å². The van der Waals surface area contributed by atoms with Crippen LogP contribution in [0.2, 0.25) is 0 Å². The molecule has 0 aromatic carbocycles. The van der Waals surface area contributed by atoms with Gasteiger partial charge in [-0.05, 0) is 44.9 Å². The van der Waals surface area contributed by atoms with E-state index in [-0.39, 0.29) is 5.54 Å². The van der Waals surface area contributed by atoms with Crippen LogP contribution in [-0.4, -0.2) is 11.0 Å². The molecule has 1 unspecified atom stereocenters. The Morgan fingerprint density at radius 3 is 2.33 bits per heavy atom. The molecule has 3 heteroatoms. The van der Waals surface area contributed by atoms with Gasteiger partial charge in [-0.15, -0.1) is 11.3 Å². The van der Waals surface area contributed by atoms with E-state index in [2.05, 4.69) is 52.2 Å². The summed E-state index contributed by atoms with van der Waals surface area (Å²) < 4.78 is 0. The Kier molecular flexibility index (Phi) is 3.58. The molecule has 0 amide bonds. The van der Waals surface area contributed by atoms with Crippen LogP contribution in [0.25, 0.3) is 0 Å². The lowest BCUT2D eigenvalue weighted by molar-refractivity contribution is 0.208. The van der Waals surface area contributed by atoms with E-state index < -0.39 is 0 Å². The van der Waals surface area contributed by atoms with Crippen LogP contribution in [0.3, 0.4) is 0 Å². The van der Waals surface area contributed by atoms with Gasteiger partial charge in [0, 0.05) is 11.4 Å². The Bertz CT molecular complexity index is 418. The summed E-state index contributed by atoms with van der Waals surface area (Å²) in [5, 5.41) is 7.27. The molecule has 1 aliphatic carbocycles. The van der Waals surface area contributed by atoms with Crippen LogP contribution in [0.1, 0.15) is 71.0 Å². The first kappa shape index (κ1) is 14.0. The lowest BCUT2D eigenvalue weighted by Gasteiger charge is -2.37. The summed E-state index contributed by atoms with van der Waals surface area (Å²) >= 11 is 1.82. The molecular formula is C15H26N2S. The number of nitrogens with one attached hydrogen (secondary N) is 1. The maximum Gasteiger partial charge on any atom is 0.113 e. The van der Waals surface area contributed by atoms with Crippen LogP contribution < -0.4 is 5.32 Å². The molecule has 0 radical (unpaired) electrons. The third kappa shape index (κ3) is 2.35. The van der Waals surface area contributed by atoms with Crippen molar-refractivity contribution in [1.82, 2.24) is 10.3 Å². The predicted octanol–water partition coefficient (Wildman–Crippen LogP) is 4.28. The van der Waals surface area contributed by atoms with Crippen molar-refractivity contribution in [2.75, 3.05) is 0 Å². The Labute approximate surface area is 115 Å². The van der Waals surface area contributed by atoms with Crippen molar-refractivity contribution >= 4 is 11.3 Å². The zero-order valence-corrected chi connectivity index (χ0v) is 13.3. The van der Waals surface area contributed by atoms with E-state index in [4.69, 9.17) is 4.98 Å². The fourth-order valence-corrected chi connectivity index (χ4v) is 3.80. The van der Waals surface area contributed by atoms with Gasteiger partial charge in [0.25, 0.3) is 0 Å². The predicted molar refractivity (Wildman–Crippen MR) is 79.2 cm³/mol. The molecule has 102 valence electrons. The molecule has 1 N–H and O–H groups in total. The van der Waals surface area contributed by atoms with Crippen molar-refractivity contribution in [1.29, 1.82) is 0 Å². The van der Waals surface area contributed by atoms with Crippen LogP contribution in [0.15, 0.2) is 5.38 Å². The summed E-state index contributed by atoms with van der Waals surface area (Å²) in [6.45, 7) is 13.6. The highest BCUT2D eigenvalue weighted by molar-refractivity contribution is 7.09. The van der Waals surface area contributed by atoms with Crippen LogP contribution in [0, 0.1) is 5.41 Å². The second-order valence-corrected chi connectivity index (χ2v) is 7.58. The minimum Gasteiger partial charge on any atom is -0.303 e. The van der Waals surface area contributed by atoms with Crippen molar-refractivity contribution in [3.8, 4) is 0 Å². The molecule has 18 heavy (non-hydrogen) atoms. The van der Waals surface area contributed by atoms with E-state index in [0.29, 0.717) is 17.4 Å². The van der Waals surface area contributed by atoms with Gasteiger partial charge in [0.05, 0.1) is 11.2 Å². The zero-order chi connectivity index (χ0) is 13.6. The third-order valence-corrected chi connectivity index (χ3v) is 5.41. The number of nitrogens with zero attached hydrogens (tertiary/aromatic N) is 1. The number of hydrogen-bond donors (Lipinski definition) is 1. The van der Waals surface area contributed by atoms with Crippen LogP contribution in [0.4, 0.5) is 0 Å². The van der Waals surface area contributed by atoms with Crippen molar-refractivity contribution in [2.45, 2.75) is 71.9 Å². The maximum absolute atomic E-state index is 4.90. The van der Waals surface area contributed by atoms with Gasteiger partial charge in [0.1, 0.15) is 5.01 Å². The molecule has 1 atom stereocenters. The molecule has 1 saturated carbocycles. The Hall–Kier alpha value is -0.410.